The lowest BCUT2D eigenvalue weighted by Crippen LogP contribution is -2.08. The standard InChI is InChI=1S/C22H18N6O2/c1-13-19(14(2)27(25-13)15-8-5-4-6-9-15)18-12-17(22(29)30-3)24-21-16-10-7-11-23-20(16)26-28(18)21/h4-12H,1-3H3. The second-order valence-corrected chi connectivity index (χ2v) is 6.92. The van der Waals surface area contributed by atoms with Gasteiger partial charge in [-0.2, -0.15) is 5.10 Å². The number of benzene rings is 1. The van der Waals surface area contributed by atoms with Gasteiger partial charge in [-0.25, -0.2) is 24.0 Å². The first-order valence-corrected chi connectivity index (χ1v) is 9.43. The minimum Gasteiger partial charge on any atom is -0.464 e. The van der Waals surface area contributed by atoms with Gasteiger partial charge in [-0.3, -0.25) is 0 Å². The summed E-state index contributed by atoms with van der Waals surface area (Å²) in [5.74, 6) is -0.511. The molecule has 0 aliphatic carbocycles. The van der Waals surface area contributed by atoms with Crippen molar-refractivity contribution in [2.24, 2.45) is 0 Å². The highest BCUT2D eigenvalue weighted by Gasteiger charge is 2.22. The van der Waals surface area contributed by atoms with Crippen LogP contribution >= 0.6 is 0 Å². The van der Waals surface area contributed by atoms with Crippen LogP contribution in [0.1, 0.15) is 21.9 Å². The van der Waals surface area contributed by atoms with Crippen molar-refractivity contribution in [2.45, 2.75) is 13.8 Å². The molecule has 148 valence electrons. The van der Waals surface area contributed by atoms with Gasteiger partial charge in [-0.1, -0.05) is 18.2 Å². The molecule has 5 aromatic rings. The molecule has 0 aliphatic rings. The molecule has 0 saturated carbocycles. The Hall–Kier alpha value is -4.07. The minimum absolute atomic E-state index is 0.205. The fourth-order valence-electron chi connectivity index (χ4n) is 3.74. The number of esters is 1. The fourth-order valence-corrected chi connectivity index (χ4v) is 3.74. The molecule has 4 heterocycles. The number of para-hydroxylation sites is 1. The molecule has 0 fully saturated rings. The number of ether oxygens (including phenoxy) is 1. The molecule has 0 spiro atoms. The van der Waals surface area contributed by atoms with Crippen molar-refractivity contribution in [3.63, 3.8) is 0 Å². The topological polar surface area (TPSA) is 87.2 Å². The lowest BCUT2D eigenvalue weighted by atomic mass is 10.1. The number of hydrogen-bond acceptors (Lipinski definition) is 6. The molecule has 30 heavy (non-hydrogen) atoms. The number of aromatic nitrogens is 6. The van der Waals surface area contributed by atoms with Crippen molar-refractivity contribution in [2.75, 3.05) is 7.11 Å². The highest BCUT2D eigenvalue weighted by molar-refractivity contribution is 5.95. The SMILES string of the molecule is COC(=O)c1cc(-c2c(C)nn(-c3ccccc3)c2C)n2nc3ncccc3c2n1. The molecular formula is C22H18N6O2. The first kappa shape index (κ1) is 18.0. The lowest BCUT2D eigenvalue weighted by molar-refractivity contribution is 0.0594. The van der Waals surface area contributed by atoms with Crippen LogP contribution in [0.5, 0.6) is 0 Å². The van der Waals surface area contributed by atoms with Crippen molar-refractivity contribution in [3.05, 3.63) is 71.8 Å². The molecule has 0 N–H and O–H groups in total. The van der Waals surface area contributed by atoms with Crippen LogP contribution in [0.15, 0.2) is 54.7 Å². The summed E-state index contributed by atoms with van der Waals surface area (Å²) in [7, 11) is 1.34. The monoisotopic (exact) mass is 398 g/mol. The second-order valence-electron chi connectivity index (χ2n) is 6.92. The van der Waals surface area contributed by atoms with Crippen LogP contribution in [0.3, 0.4) is 0 Å². The van der Waals surface area contributed by atoms with Gasteiger partial charge in [-0.15, -0.1) is 5.10 Å². The fraction of sp³-hybridized carbons (Fsp3) is 0.136. The van der Waals surface area contributed by atoms with Crippen molar-refractivity contribution in [1.29, 1.82) is 0 Å². The third-order valence-electron chi connectivity index (χ3n) is 5.09. The van der Waals surface area contributed by atoms with Crippen LogP contribution in [-0.4, -0.2) is 42.4 Å². The maximum atomic E-state index is 12.3. The van der Waals surface area contributed by atoms with E-state index in [1.54, 1.807) is 16.8 Å². The van der Waals surface area contributed by atoms with E-state index in [2.05, 4.69) is 15.1 Å². The molecule has 8 nitrogen and oxygen atoms in total. The van der Waals surface area contributed by atoms with Gasteiger partial charge in [-0.05, 0) is 44.2 Å². The number of hydrogen-bond donors (Lipinski definition) is 0. The zero-order valence-corrected chi connectivity index (χ0v) is 16.7. The molecule has 0 bridgehead atoms. The molecule has 0 aliphatic heterocycles. The minimum atomic E-state index is -0.511. The van der Waals surface area contributed by atoms with E-state index >= 15 is 0 Å². The quantitative estimate of drug-likeness (QED) is 0.432. The number of carbonyl (C=O) groups is 1. The third-order valence-corrected chi connectivity index (χ3v) is 5.09. The Morgan fingerprint density at radius 2 is 1.83 bits per heavy atom. The van der Waals surface area contributed by atoms with Gasteiger partial charge in [0, 0.05) is 11.8 Å². The summed E-state index contributed by atoms with van der Waals surface area (Å²) in [4.78, 5) is 21.2. The summed E-state index contributed by atoms with van der Waals surface area (Å²) in [5, 5.41) is 10.1. The molecule has 1 aromatic carbocycles. The van der Waals surface area contributed by atoms with Gasteiger partial charge in [0.25, 0.3) is 0 Å². The Kier molecular flexibility index (Phi) is 4.06. The van der Waals surface area contributed by atoms with Gasteiger partial charge in [0.05, 0.1) is 35.3 Å². The maximum Gasteiger partial charge on any atom is 0.356 e. The van der Waals surface area contributed by atoms with Crippen LogP contribution in [0, 0.1) is 13.8 Å². The molecular weight excluding hydrogens is 380 g/mol. The number of aryl methyl sites for hydroxylation is 1. The average molecular weight is 398 g/mol. The predicted molar refractivity (Wildman–Crippen MR) is 112 cm³/mol. The number of pyridine rings is 1. The Balaban J connectivity index is 1.85. The Labute approximate surface area is 171 Å². The zero-order chi connectivity index (χ0) is 20.8. The highest BCUT2D eigenvalue weighted by atomic mass is 16.5. The van der Waals surface area contributed by atoms with Crippen molar-refractivity contribution >= 4 is 22.6 Å². The van der Waals surface area contributed by atoms with E-state index in [1.807, 2.05) is 61.0 Å². The normalized spacial score (nSPS) is 11.3. The number of nitrogens with zero attached hydrogens (tertiary/aromatic N) is 6. The Morgan fingerprint density at radius 1 is 1.03 bits per heavy atom. The zero-order valence-electron chi connectivity index (χ0n) is 16.7. The van der Waals surface area contributed by atoms with Crippen LogP contribution in [0.25, 0.3) is 33.6 Å². The Bertz CT molecular complexity index is 1420. The maximum absolute atomic E-state index is 12.3. The van der Waals surface area contributed by atoms with E-state index in [-0.39, 0.29) is 5.69 Å². The van der Waals surface area contributed by atoms with Crippen molar-refractivity contribution in [3.8, 4) is 16.9 Å². The van der Waals surface area contributed by atoms with E-state index in [0.717, 1.165) is 28.0 Å². The first-order valence-electron chi connectivity index (χ1n) is 9.43. The largest absolute Gasteiger partial charge is 0.464 e. The van der Waals surface area contributed by atoms with Crippen molar-refractivity contribution < 1.29 is 9.53 Å². The Morgan fingerprint density at radius 3 is 2.60 bits per heavy atom. The van der Waals surface area contributed by atoms with Gasteiger partial charge in [0.1, 0.15) is 0 Å². The third kappa shape index (κ3) is 2.65. The molecule has 0 amide bonds. The smallest absolute Gasteiger partial charge is 0.356 e. The van der Waals surface area contributed by atoms with E-state index in [4.69, 9.17) is 9.84 Å². The van der Waals surface area contributed by atoms with Gasteiger partial charge < -0.3 is 4.74 Å². The lowest BCUT2D eigenvalue weighted by Gasteiger charge is -2.09. The summed E-state index contributed by atoms with van der Waals surface area (Å²) in [6.45, 7) is 3.93. The summed E-state index contributed by atoms with van der Waals surface area (Å²) in [5.41, 5.74) is 5.58. The van der Waals surface area contributed by atoms with Crippen LogP contribution in [0.4, 0.5) is 0 Å². The summed E-state index contributed by atoms with van der Waals surface area (Å²) >= 11 is 0. The first-order chi connectivity index (χ1) is 14.6. The van der Waals surface area contributed by atoms with Gasteiger partial charge in [0.2, 0.25) is 0 Å². The van der Waals surface area contributed by atoms with E-state index in [1.165, 1.54) is 7.11 Å². The molecule has 0 atom stereocenters. The van der Waals surface area contributed by atoms with Crippen LogP contribution in [0.2, 0.25) is 0 Å². The number of carbonyl (C=O) groups excluding carboxylic acids is 1. The number of methoxy groups -OCH3 is 1. The van der Waals surface area contributed by atoms with Crippen molar-refractivity contribution in [1.82, 2.24) is 29.4 Å². The molecule has 0 unspecified atom stereocenters. The summed E-state index contributed by atoms with van der Waals surface area (Å²) in [6, 6.07) is 15.3. The summed E-state index contributed by atoms with van der Waals surface area (Å²) in [6.07, 6.45) is 1.68. The van der Waals surface area contributed by atoms with Gasteiger partial charge >= 0.3 is 5.97 Å². The predicted octanol–water partition coefficient (Wildman–Crippen LogP) is 3.53. The molecule has 5 rings (SSSR count). The second kappa shape index (κ2) is 6.77. The number of fused-ring (bicyclic) bond motifs is 3. The highest BCUT2D eigenvalue weighted by Crippen LogP contribution is 2.31. The van der Waals surface area contributed by atoms with Crippen LogP contribution in [-0.2, 0) is 4.74 Å². The molecule has 4 aromatic heterocycles. The average Bonchev–Trinajstić information content (AvgIpc) is 3.30. The molecule has 0 saturated heterocycles. The van der Waals surface area contributed by atoms with E-state index < -0.39 is 5.97 Å². The van der Waals surface area contributed by atoms with Gasteiger partial charge in [0.15, 0.2) is 17.0 Å². The summed E-state index contributed by atoms with van der Waals surface area (Å²) < 4.78 is 8.54. The van der Waals surface area contributed by atoms with E-state index in [0.29, 0.717) is 17.0 Å². The molecule has 0 radical (unpaired) electrons. The number of rotatable bonds is 3. The van der Waals surface area contributed by atoms with E-state index in [9.17, 15) is 4.79 Å². The molecule has 8 heteroatoms. The van der Waals surface area contributed by atoms with Crippen LogP contribution < -0.4 is 0 Å².